The molecule has 0 saturated carbocycles. The number of carbonyl (C=O) groups excluding carboxylic acids is 2. The first-order valence-corrected chi connectivity index (χ1v) is 6.46. The third-order valence-corrected chi connectivity index (χ3v) is 3.70. The normalized spacial score (nSPS) is 17.3. The fourth-order valence-corrected chi connectivity index (χ4v) is 2.68. The van der Waals surface area contributed by atoms with Crippen molar-refractivity contribution in [2.24, 2.45) is 5.92 Å². The molecule has 1 atom stereocenters. The molecule has 1 aliphatic carbocycles. The summed E-state index contributed by atoms with van der Waals surface area (Å²) in [5.41, 5.74) is 4.01. The molecular formula is C17H14O2. The fourth-order valence-electron chi connectivity index (χ4n) is 2.68. The van der Waals surface area contributed by atoms with Gasteiger partial charge in [0.15, 0.2) is 5.78 Å². The van der Waals surface area contributed by atoms with E-state index in [4.69, 9.17) is 0 Å². The Kier molecular flexibility index (Phi) is 3.00. The first-order valence-electron chi connectivity index (χ1n) is 6.46. The van der Waals surface area contributed by atoms with Crippen LogP contribution in [0.25, 0.3) is 11.1 Å². The number of rotatable bonds is 3. The monoisotopic (exact) mass is 250 g/mol. The predicted molar refractivity (Wildman–Crippen MR) is 74.1 cm³/mol. The maximum atomic E-state index is 12.2. The first-order chi connectivity index (χ1) is 9.29. The second kappa shape index (κ2) is 4.81. The zero-order valence-electron chi connectivity index (χ0n) is 10.5. The van der Waals surface area contributed by atoms with Crippen molar-refractivity contribution in [2.75, 3.05) is 0 Å². The zero-order valence-corrected chi connectivity index (χ0v) is 10.5. The van der Waals surface area contributed by atoms with Gasteiger partial charge in [-0.05, 0) is 29.2 Å². The SMILES string of the molecule is O=CCC1Cc2ccc(-c3ccccc3)cc2C1=O. The van der Waals surface area contributed by atoms with E-state index in [9.17, 15) is 9.59 Å². The summed E-state index contributed by atoms with van der Waals surface area (Å²) >= 11 is 0. The lowest BCUT2D eigenvalue weighted by atomic mass is 10.00. The quantitative estimate of drug-likeness (QED) is 0.783. The Morgan fingerprint density at radius 3 is 2.58 bits per heavy atom. The van der Waals surface area contributed by atoms with E-state index in [1.807, 2.05) is 48.5 Å². The third kappa shape index (κ3) is 2.10. The van der Waals surface area contributed by atoms with Crippen molar-refractivity contribution in [3.63, 3.8) is 0 Å². The molecule has 0 radical (unpaired) electrons. The van der Waals surface area contributed by atoms with Gasteiger partial charge in [-0.25, -0.2) is 0 Å². The summed E-state index contributed by atoms with van der Waals surface area (Å²) in [7, 11) is 0. The Morgan fingerprint density at radius 1 is 1.05 bits per heavy atom. The van der Waals surface area contributed by atoms with Gasteiger partial charge in [-0.3, -0.25) is 4.79 Å². The second-order valence-corrected chi connectivity index (χ2v) is 4.91. The molecule has 2 aromatic carbocycles. The number of carbonyl (C=O) groups is 2. The number of fused-ring (bicyclic) bond motifs is 1. The van der Waals surface area contributed by atoms with Gasteiger partial charge in [0.25, 0.3) is 0 Å². The highest BCUT2D eigenvalue weighted by Crippen LogP contribution is 2.31. The van der Waals surface area contributed by atoms with E-state index in [0.29, 0.717) is 12.8 Å². The van der Waals surface area contributed by atoms with Crippen molar-refractivity contribution in [3.8, 4) is 11.1 Å². The Hall–Kier alpha value is -2.22. The molecule has 0 bridgehead atoms. The van der Waals surface area contributed by atoms with Crippen LogP contribution < -0.4 is 0 Å². The van der Waals surface area contributed by atoms with Gasteiger partial charge in [0.1, 0.15) is 6.29 Å². The van der Waals surface area contributed by atoms with Crippen LogP contribution in [0.5, 0.6) is 0 Å². The van der Waals surface area contributed by atoms with E-state index in [-0.39, 0.29) is 11.7 Å². The van der Waals surface area contributed by atoms with Gasteiger partial charge >= 0.3 is 0 Å². The highest BCUT2D eigenvalue weighted by molar-refractivity contribution is 6.04. The molecule has 0 spiro atoms. The van der Waals surface area contributed by atoms with Crippen LogP contribution in [-0.4, -0.2) is 12.1 Å². The number of benzene rings is 2. The summed E-state index contributed by atoms with van der Waals surface area (Å²) in [6.45, 7) is 0. The van der Waals surface area contributed by atoms with Gasteiger partial charge in [-0.2, -0.15) is 0 Å². The van der Waals surface area contributed by atoms with Crippen LogP contribution in [0.2, 0.25) is 0 Å². The second-order valence-electron chi connectivity index (χ2n) is 4.91. The van der Waals surface area contributed by atoms with Crippen LogP contribution in [0.4, 0.5) is 0 Å². The molecule has 94 valence electrons. The summed E-state index contributed by atoms with van der Waals surface area (Å²) in [5, 5.41) is 0. The maximum absolute atomic E-state index is 12.2. The van der Waals surface area contributed by atoms with E-state index < -0.39 is 0 Å². The first kappa shape index (κ1) is 11.8. The van der Waals surface area contributed by atoms with Crippen molar-refractivity contribution < 1.29 is 9.59 Å². The van der Waals surface area contributed by atoms with Crippen molar-refractivity contribution in [1.29, 1.82) is 0 Å². The fraction of sp³-hybridized carbons (Fsp3) is 0.176. The number of Topliss-reactive ketones (excluding diaryl/α,β-unsaturated/α-hetero) is 1. The minimum Gasteiger partial charge on any atom is -0.303 e. The molecule has 3 rings (SSSR count). The molecular weight excluding hydrogens is 236 g/mol. The molecule has 2 heteroatoms. The van der Waals surface area contributed by atoms with Crippen LogP contribution in [0.3, 0.4) is 0 Å². The van der Waals surface area contributed by atoms with Crippen LogP contribution in [0, 0.1) is 5.92 Å². The summed E-state index contributed by atoms with van der Waals surface area (Å²) in [5.74, 6) is -0.0431. The van der Waals surface area contributed by atoms with Gasteiger partial charge < -0.3 is 4.79 Å². The van der Waals surface area contributed by atoms with E-state index in [2.05, 4.69) is 0 Å². The molecule has 1 unspecified atom stereocenters. The summed E-state index contributed by atoms with van der Waals surface area (Å²) in [6, 6.07) is 16.0. The molecule has 0 aromatic heterocycles. The smallest absolute Gasteiger partial charge is 0.167 e. The maximum Gasteiger partial charge on any atom is 0.167 e. The van der Waals surface area contributed by atoms with E-state index in [1.54, 1.807) is 0 Å². The Balaban J connectivity index is 1.99. The summed E-state index contributed by atoms with van der Waals surface area (Å²) < 4.78 is 0. The van der Waals surface area contributed by atoms with Crippen LogP contribution in [0.15, 0.2) is 48.5 Å². The lowest BCUT2D eigenvalue weighted by Crippen LogP contribution is -2.09. The van der Waals surface area contributed by atoms with Crippen LogP contribution in [0.1, 0.15) is 22.3 Å². The predicted octanol–water partition coefficient (Wildman–Crippen LogP) is 3.30. The summed E-state index contributed by atoms with van der Waals surface area (Å²) in [6.07, 6.45) is 1.86. The minimum absolute atomic E-state index is 0.111. The minimum atomic E-state index is -0.154. The molecule has 0 fully saturated rings. The molecule has 0 amide bonds. The number of aldehydes is 1. The Bertz CT molecular complexity index is 629. The van der Waals surface area contributed by atoms with Gasteiger partial charge in [-0.15, -0.1) is 0 Å². The Labute approximate surface area is 112 Å². The van der Waals surface area contributed by atoms with Crippen LogP contribution >= 0.6 is 0 Å². The average molecular weight is 250 g/mol. The van der Waals surface area contributed by atoms with Crippen molar-refractivity contribution in [2.45, 2.75) is 12.8 Å². The number of ketones is 1. The topological polar surface area (TPSA) is 34.1 Å². The molecule has 0 heterocycles. The van der Waals surface area contributed by atoms with Gasteiger partial charge in [0, 0.05) is 17.9 Å². The largest absolute Gasteiger partial charge is 0.303 e. The van der Waals surface area contributed by atoms with Crippen molar-refractivity contribution in [1.82, 2.24) is 0 Å². The highest BCUT2D eigenvalue weighted by atomic mass is 16.1. The van der Waals surface area contributed by atoms with Crippen LogP contribution in [-0.2, 0) is 11.2 Å². The standard InChI is InChI=1S/C17H14O2/c18-9-8-15-10-14-7-6-13(11-16(14)17(15)19)12-4-2-1-3-5-12/h1-7,9,11,15H,8,10H2. The number of hydrogen-bond donors (Lipinski definition) is 0. The zero-order chi connectivity index (χ0) is 13.2. The lowest BCUT2D eigenvalue weighted by molar-refractivity contribution is -0.108. The highest BCUT2D eigenvalue weighted by Gasteiger charge is 2.30. The van der Waals surface area contributed by atoms with Gasteiger partial charge in [-0.1, -0.05) is 42.5 Å². The van der Waals surface area contributed by atoms with E-state index >= 15 is 0 Å². The van der Waals surface area contributed by atoms with Gasteiger partial charge in [0.2, 0.25) is 0 Å². The molecule has 2 aromatic rings. The molecule has 0 saturated heterocycles. The average Bonchev–Trinajstić information content (AvgIpc) is 2.77. The summed E-state index contributed by atoms with van der Waals surface area (Å²) in [4.78, 5) is 22.8. The Morgan fingerprint density at radius 2 is 1.84 bits per heavy atom. The van der Waals surface area contributed by atoms with E-state index in [1.165, 1.54) is 0 Å². The molecule has 0 N–H and O–H groups in total. The van der Waals surface area contributed by atoms with E-state index in [0.717, 1.165) is 28.5 Å². The third-order valence-electron chi connectivity index (χ3n) is 3.70. The van der Waals surface area contributed by atoms with Gasteiger partial charge in [0.05, 0.1) is 0 Å². The van der Waals surface area contributed by atoms with Crippen molar-refractivity contribution in [3.05, 3.63) is 59.7 Å². The van der Waals surface area contributed by atoms with Crippen molar-refractivity contribution >= 4 is 12.1 Å². The molecule has 2 nitrogen and oxygen atoms in total. The lowest BCUT2D eigenvalue weighted by Gasteiger charge is -2.04. The molecule has 19 heavy (non-hydrogen) atoms. The molecule has 0 aliphatic heterocycles. The number of hydrogen-bond acceptors (Lipinski definition) is 2. The molecule has 1 aliphatic rings.